The number of carbonyl (C=O) groups is 1. The SMILES string of the molecule is C=Cc1ccc(-c2cncc(N3CCN(CC(=O)OCC)CC3)n2)cc1NC.CC. The normalized spacial score (nSPS) is 13.8. The van der Waals surface area contributed by atoms with Crippen LogP contribution < -0.4 is 10.2 Å². The first-order valence-corrected chi connectivity index (χ1v) is 10.5. The van der Waals surface area contributed by atoms with Gasteiger partial charge in [0.05, 0.1) is 31.2 Å². The van der Waals surface area contributed by atoms with Crippen molar-refractivity contribution in [2.24, 2.45) is 0 Å². The van der Waals surface area contributed by atoms with Crippen LogP contribution in [0.3, 0.4) is 0 Å². The molecule has 0 bridgehead atoms. The second kappa shape index (κ2) is 11.9. The van der Waals surface area contributed by atoms with Crippen LogP contribution in [-0.2, 0) is 9.53 Å². The smallest absolute Gasteiger partial charge is 0.320 e. The zero-order valence-electron chi connectivity index (χ0n) is 18.5. The van der Waals surface area contributed by atoms with Gasteiger partial charge >= 0.3 is 5.97 Å². The van der Waals surface area contributed by atoms with Crippen molar-refractivity contribution >= 4 is 23.6 Å². The van der Waals surface area contributed by atoms with Gasteiger partial charge < -0.3 is 15.0 Å². The number of anilines is 2. The van der Waals surface area contributed by atoms with Crippen LogP contribution in [0.2, 0.25) is 0 Å². The molecule has 1 aliphatic rings. The van der Waals surface area contributed by atoms with Crippen LogP contribution in [-0.4, -0.2) is 67.2 Å². The molecule has 0 atom stereocenters. The maximum atomic E-state index is 11.7. The van der Waals surface area contributed by atoms with Crippen LogP contribution in [0.15, 0.2) is 37.2 Å². The van der Waals surface area contributed by atoms with Crippen LogP contribution in [0.25, 0.3) is 17.3 Å². The summed E-state index contributed by atoms with van der Waals surface area (Å²) in [6.07, 6.45) is 5.40. The molecule has 162 valence electrons. The first-order valence-electron chi connectivity index (χ1n) is 10.5. The molecule has 1 aliphatic heterocycles. The minimum atomic E-state index is -0.166. The van der Waals surface area contributed by atoms with Crippen molar-refractivity contribution in [3.8, 4) is 11.3 Å². The summed E-state index contributed by atoms with van der Waals surface area (Å²) in [5.74, 6) is 0.688. The number of rotatable bonds is 7. The van der Waals surface area contributed by atoms with Gasteiger partial charge in [-0.2, -0.15) is 0 Å². The van der Waals surface area contributed by atoms with Crippen LogP contribution in [0.1, 0.15) is 26.3 Å². The van der Waals surface area contributed by atoms with E-state index in [4.69, 9.17) is 9.72 Å². The van der Waals surface area contributed by atoms with Gasteiger partial charge in [-0.15, -0.1) is 0 Å². The molecule has 2 aromatic rings. The third-order valence-electron chi connectivity index (χ3n) is 4.81. The molecule has 1 fully saturated rings. The molecule has 1 N–H and O–H groups in total. The zero-order chi connectivity index (χ0) is 21.9. The molecule has 0 amide bonds. The molecule has 3 rings (SSSR count). The number of benzene rings is 1. The summed E-state index contributed by atoms with van der Waals surface area (Å²) < 4.78 is 5.03. The van der Waals surface area contributed by atoms with E-state index in [2.05, 4.69) is 32.7 Å². The Hall–Kier alpha value is -2.93. The second-order valence-electron chi connectivity index (χ2n) is 6.59. The van der Waals surface area contributed by atoms with E-state index >= 15 is 0 Å². The fourth-order valence-electron chi connectivity index (χ4n) is 3.28. The Kier molecular flexibility index (Phi) is 9.28. The topological polar surface area (TPSA) is 70.6 Å². The van der Waals surface area contributed by atoms with Crippen molar-refractivity contribution in [1.82, 2.24) is 14.9 Å². The number of piperazine rings is 1. The Morgan fingerprint density at radius 1 is 1.23 bits per heavy atom. The molecular formula is C23H33N5O2. The van der Waals surface area contributed by atoms with Gasteiger partial charge in [-0.1, -0.05) is 38.6 Å². The van der Waals surface area contributed by atoms with E-state index in [9.17, 15) is 4.79 Å². The highest BCUT2D eigenvalue weighted by Crippen LogP contribution is 2.26. The Morgan fingerprint density at radius 2 is 1.97 bits per heavy atom. The molecule has 0 radical (unpaired) electrons. The first kappa shape index (κ1) is 23.3. The summed E-state index contributed by atoms with van der Waals surface area (Å²) in [4.78, 5) is 25.2. The van der Waals surface area contributed by atoms with E-state index in [-0.39, 0.29) is 5.97 Å². The Morgan fingerprint density at radius 3 is 2.60 bits per heavy atom. The lowest BCUT2D eigenvalue weighted by atomic mass is 10.1. The second-order valence-corrected chi connectivity index (χ2v) is 6.59. The monoisotopic (exact) mass is 411 g/mol. The summed E-state index contributed by atoms with van der Waals surface area (Å²) in [6, 6.07) is 6.11. The molecule has 0 unspecified atom stereocenters. The molecule has 1 aromatic heterocycles. The molecule has 0 saturated carbocycles. The Bertz CT molecular complexity index is 832. The number of nitrogens with one attached hydrogen (secondary N) is 1. The summed E-state index contributed by atoms with van der Waals surface area (Å²) in [5.41, 5.74) is 3.89. The predicted molar refractivity (Wildman–Crippen MR) is 124 cm³/mol. The average molecular weight is 412 g/mol. The fraction of sp³-hybridized carbons (Fsp3) is 0.435. The van der Waals surface area contributed by atoms with Crippen molar-refractivity contribution in [1.29, 1.82) is 0 Å². The van der Waals surface area contributed by atoms with E-state index in [1.54, 1.807) is 12.4 Å². The van der Waals surface area contributed by atoms with Crippen LogP contribution >= 0.6 is 0 Å². The fourth-order valence-corrected chi connectivity index (χ4v) is 3.28. The van der Waals surface area contributed by atoms with Gasteiger partial charge in [0.25, 0.3) is 0 Å². The zero-order valence-corrected chi connectivity index (χ0v) is 18.5. The summed E-state index contributed by atoms with van der Waals surface area (Å²) in [6.45, 7) is 13.6. The van der Waals surface area contributed by atoms with Gasteiger partial charge in [-0.25, -0.2) is 4.98 Å². The molecule has 2 heterocycles. The molecule has 7 nitrogen and oxygen atoms in total. The number of esters is 1. The minimum Gasteiger partial charge on any atom is -0.465 e. The maximum absolute atomic E-state index is 11.7. The molecule has 1 saturated heterocycles. The summed E-state index contributed by atoms with van der Waals surface area (Å²) in [7, 11) is 1.89. The van der Waals surface area contributed by atoms with Gasteiger partial charge in [0.1, 0.15) is 5.82 Å². The quantitative estimate of drug-likeness (QED) is 0.699. The van der Waals surface area contributed by atoms with E-state index in [0.29, 0.717) is 13.2 Å². The van der Waals surface area contributed by atoms with Crippen LogP contribution in [0.4, 0.5) is 11.5 Å². The summed E-state index contributed by atoms with van der Waals surface area (Å²) >= 11 is 0. The first-order chi connectivity index (χ1) is 14.6. The predicted octanol–water partition coefficient (Wildman–Crippen LogP) is 3.54. The van der Waals surface area contributed by atoms with E-state index in [1.807, 2.05) is 46.0 Å². The number of ether oxygens (including phenoxy) is 1. The van der Waals surface area contributed by atoms with Crippen LogP contribution in [0.5, 0.6) is 0 Å². The van der Waals surface area contributed by atoms with E-state index < -0.39 is 0 Å². The molecular weight excluding hydrogens is 378 g/mol. The largest absolute Gasteiger partial charge is 0.465 e. The van der Waals surface area contributed by atoms with E-state index in [0.717, 1.165) is 54.5 Å². The average Bonchev–Trinajstić information content (AvgIpc) is 2.80. The number of hydrogen-bond donors (Lipinski definition) is 1. The Labute approximate surface area is 179 Å². The van der Waals surface area contributed by atoms with Crippen molar-refractivity contribution in [2.45, 2.75) is 20.8 Å². The van der Waals surface area contributed by atoms with Gasteiger partial charge in [0.2, 0.25) is 0 Å². The van der Waals surface area contributed by atoms with E-state index in [1.165, 1.54) is 0 Å². The summed E-state index contributed by atoms with van der Waals surface area (Å²) in [5, 5.41) is 3.19. The lowest BCUT2D eigenvalue weighted by Gasteiger charge is -2.34. The molecule has 0 aliphatic carbocycles. The van der Waals surface area contributed by atoms with Crippen molar-refractivity contribution in [2.75, 3.05) is 56.6 Å². The molecule has 0 spiro atoms. The number of nitrogens with zero attached hydrogens (tertiary/aromatic N) is 4. The highest BCUT2D eigenvalue weighted by molar-refractivity contribution is 5.74. The standard InChI is InChI=1S/C21H27N5O2.C2H6/c1-4-16-6-7-17(12-18(16)22-3)19-13-23-14-20(24-19)26-10-8-25(9-11-26)15-21(27)28-5-2;1-2/h4,6-7,12-14,22H,1,5,8-11,15H2,2-3H3;1-2H3. The molecule has 1 aromatic carbocycles. The lowest BCUT2D eigenvalue weighted by molar-refractivity contribution is -0.144. The van der Waals surface area contributed by atoms with Crippen LogP contribution in [0, 0.1) is 0 Å². The minimum absolute atomic E-state index is 0.166. The highest BCUT2D eigenvalue weighted by Gasteiger charge is 2.21. The molecule has 30 heavy (non-hydrogen) atoms. The van der Waals surface area contributed by atoms with Gasteiger partial charge in [-0.05, 0) is 18.6 Å². The van der Waals surface area contributed by atoms with Crippen molar-refractivity contribution < 1.29 is 9.53 Å². The molecule has 7 heteroatoms. The number of hydrogen-bond acceptors (Lipinski definition) is 7. The van der Waals surface area contributed by atoms with Gasteiger partial charge in [0, 0.05) is 44.5 Å². The van der Waals surface area contributed by atoms with Crippen molar-refractivity contribution in [3.05, 3.63) is 42.7 Å². The lowest BCUT2D eigenvalue weighted by Crippen LogP contribution is -2.48. The Balaban J connectivity index is 0.00000155. The number of aromatic nitrogens is 2. The highest BCUT2D eigenvalue weighted by atomic mass is 16.5. The third-order valence-corrected chi connectivity index (χ3v) is 4.81. The number of carbonyl (C=O) groups excluding carboxylic acids is 1. The van der Waals surface area contributed by atoms with Gasteiger partial charge in [-0.3, -0.25) is 14.7 Å². The maximum Gasteiger partial charge on any atom is 0.320 e. The third kappa shape index (κ3) is 6.03. The van der Waals surface area contributed by atoms with Crippen molar-refractivity contribution in [3.63, 3.8) is 0 Å². The van der Waals surface area contributed by atoms with Gasteiger partial charge in [0.15, 0.2) is 0 Å².